The molecule has 0 aromatic heterocycles. The normalized spacial score (nSPS) is 22.4. The lowest BCUT2D eigenvalue weighted by Crippen LogP contribution is -2.37. The first kappa shape index (κ1) is 16.2. The van der Waals surface area contributed by atoms with Gasteiger partial charge in [0.25, 0.3) is 0 Å². The number of nitrogens with zero attached hydrogens (tertiary/aromatic N) is 1. The average Bonchev–Trinajstić information content (AvgIpc) is 2.75. The van der Waals surface area contributed by atoms with E-state index in [9.17, 15) is 10.1 Å². The van der Waals surface area contributed by atoms with Crippen molar-refractivity contribution in [3.8, 4) is 5.75 Å². The second-order valence-corrected chi connectivity index (χ2v) is 5.73. The largest absolute Gasteiger partial charge is 0.499 e. The molecule has 0 saturated heterocycles. The van der Waals surface area contributed by atoms with Crippen molar-refractivity contribution in [3.05, 3.63) is 33.9 Å². The Morgan fingerprint density at radius 1 is 1.43 bits per heavy atom. The van der Waals surface area contributed by atoms with Crippen LogP contribution in [0.15, 0.2) is 18.2 Å². The number of ether oxygens (including phenoxy) is 2. The van der Waals surface area contributed by atoms with Crippen LogP contribution in [0.2, 0.25) is 0 Å². The second-order valence-electron chi connectivity index (χ2n) is 5.73. The zero-order chi connectivity index (χ0) is 16.2. The van der Waals surface area contributed by atoms with Gasteiger partial charge in [0.1, 0.15) is 24.6 Å². The Hall–Kier alpha value is -1.64. The minimum absolute atomic E-state index is 0.258. The highest BCUT2D eigenvalue weighted by Gasteiger charge is 2.45. The fourth-order valence-corrected chi connectivity index (χ4v) is 2.83. The summed E-state index contributed by atoms with van der Waals surface area (Å²) in [6.07, 6.45) is 1.22. The first-order valence-corrected chi connectivity index (χ1v) is 7.95. The molecule has 3 rings (SSSR count). The van der Waals surface area contributed by atoms with Gasteiger partial charge in [-0.25, -0.2) is 0 Å². The summed E-state index contributed by atoms with van der Waals surface area (Å²) < 4.78 is 23.1. The summed E-state index contributed by atoms with van der Waals surface area (Å²) in [5.41, 5.74) is 1.55. The summed E-state index contributed by atoms with van der Waals surface area (Å²) in [5, 5.41) is 10.8. The molecule has 2 aliphatic rings. The molecule has 0 fully saturated rings. The molecular formula is C15H20BNO6. The maximum Gasteiger partial charge on any atom is 0.499 e. The number of benzene rings is 1. The minimum Gasteiger partial charge on any atom is -0.491 e. The molecule has 2 heterocycles. The van der Waals surface area contributed by atoms with Crippen LogP contribution in [0.4, 0.5) is 0 Å². The number of rotatable bonds is 7. The van der Waals surface area contributed by atoms with E-state index in [0.717, 1.165) is 23.9 Å². The quantitative estimate of drug-likeness (QED) is 0.326. The number of unbranched alkanes of at least 4 members (excludes halogenated alkanes) is 1. The van der Waals surface area contributed by atoms with Gasteiger partial charge in [-0.1, -0.05) is 25.5 Å². The topological polar surface area (TPSA) is 80.1 Å². The molecule has 0 N–H and O–H groups in total. The SMILES string of the molecule is CCCCOC[C@@H]1COc2cccc3c2B(OC3C[N+](=O)[O-])O1. The molecule has 0 saturated carbocycles. The van der Waals surface area contributed by atoms with Crippen molar-refractivity contribution >= 4 is 12.6 Å². The Morgan fingerprint density at radius 3 is 3.09 bits per heavy atom. The lowest BCUT2D eigenvalue weighted by molar-refractivity contribution is -0.490. The predicted octanol–water partition coefficient (Wildman–Crippen LogP) is 1.32. The molecule has 0 radical (unpaired) electrons. The third-order valence-electron chi connectivity index (χ3n) is 3.97. The fraction of sp³-hybridized carbons (Fsp3) is 0.600. The fourth-order valence-electron chi connectivity index (χ4n) is 2.83. The molecule has 23 heavy (non-hydrogen) atoms. The maximum atomic E-state index is 10.8. The van der Waals surface area contributed by atoms with Crippen LogP contribution < -0.4 is 10.2 Å². The molecule has 1 aromatic rings. The third kappa shape index (κ3) is 3.65. The van der Waals surface area contributed by atoms with E-state index in [4.69, 9.17) is 18.8 Å². The lowest BCUT2D eigenvalue weighted by Gasteiger charge is -2.18. The van der Waals surface area contributed by atoms with Gasteiger partial charge >= 0.3 is 7.12 Å². The summed E-state index contributed by atoms with van der Waals surface area (Å²) in [7, 11) is -0.631. The predicted molar refractivity (Wildman–Crippen MR) is 83.6 cm³/mol. The van der Waals surface area contributed by atoms with Crippen molar-refractivity contribution in [3.63, 3.8) is 0 Å². The second kappa shape index (κ2) is 7.29. The van der Waals surface area contributed by atoms with E-state index in [1.54, 1.807) is 0 Å². The van der Waals surface area contributed by atoms with Gasteiger partial charge in [0.15, 0.2) is 0 Å². The summed E-state index contributed by atoms with van der Waals surface area (Å²) in [5.74, 6) is 0.675. The Bertz CT molecular complexity index is 569. The zero-order valence-electron chi connectivity index (χ0n) is 13.1. The van der Waals surface area contributed by atoms with Crippen molar-refractivity contribution in [1.82, 2.24) is 0 Å². The van der Waals surface area contributed by atoms with Crippen LogP contribution in [0, 0.1) is 10.1 Å². The molecule has 8 heteroatoms. The Balaban J connectivity index is 1.71. The van der Waals surface area contributed by atoms with E-state index in [0.29, 0.717) is 25.6 Å². The van der Waals surface area contributed by atoms with Gasteiger partial charge < -0.3 is 18.8 Å². The highest BCUT2D eigenvalue weighted by Crippen LogP contribution is 2.31. The summed E-state index contributed by atoms with van der Waals surface area (Å²) in [6.45, 7) is 3.30. The number of hydrogen-bond acceptors (Lipinski definition) is 6. The first-order valence-electron chi connectivity index (χ1n) is 7.95. The molecule has 0 amide bonds. The number of nitro groups is 1. The van der Waals surface area contributed by atoms with E-state index in [2.05, 4.69) is 6.92 Å². The van der Waals surface area contributed by atoms with Gasteiger partial charge in [-0.05, 0) is 18.1 Å². The summed E-state index contributed by atoms with van der Waals surface area (Å²) in [6, 6.07) is 5.50. The molecule has 0 bridgehead atoms. The van der Waals surface area contributed by atoms with Crippen molar-refractivity contribution < 1.29 is 23.7 Å². The van der Waals surface area contributed by atoms with Crippen molar-refractivity contribution in [2.75, 3.05) is 26.4 Å². The van der Waals surface area contributed by atoms with Gasteiger partial charge in [-0.15, -0.1) is 0 Å². The molecule has 0 spiro atoms. The van der Waals surface area contributed by atoms with Crippen molar-refractivity contribution in [2.24, 2.45) is 0 Å². The molecule has 0 aliphatic carbocycles. The van der Waals surface area contributed by atoms with Gasteiger partial charge in [-0.3, -0.25) is 10.1 Å². The molecular weight excluding hydrogens is 301 g/mol. The van der Waals surface area contributed by atoms with Crippen molar-refractivity contribution in [1.29, 1.82) is 0 Å². The zero-order valence-corrected chi connectivity index (χ0v) is 13.1. The molecule has 2 aliphatic heterocycles. The Labute approximate surface area is 135 Å². The smallest absolute Gasteiger partial charge is 0.491 e. The minimum atomic E-state index is -0.631. The van der Waals surface area contributed by atoms with Gasteiger partial charge in [0, 0.05) is 17.0 Å². The molecule has 1 unspecified atom stereocenters. The number of hydrogen-bond donors (Lipinski definition) is 0. The van der Waals surface area contributed by atoms with Crippen LogP contribution in [0.5, 0.6) is 5.75 Å². The molecule has 124 valence electrons. The Morgan fingerprint density at radius 2 is 2.30 bits per heavy atom. The molecule has 1 aromatic carbocycles. The standard InChI is InChI=1S/C15H20BNO6/c1-2-3-7-20-9-11-10-21-13-6-4-5-12-14(8-17(18)19)23-16(22-11)15(12)13/h4-6,11,14H,2-3,7-10H2,1H3/t11-,14?/m1/s1. The van der Waals surface area contributed by atoms with Crippen molar-refractivity contribution in [2.45, 2.75) is 32.0 Å². The van der Waals surface area contributed by atoms with Gasteiger partial charge in [0.2, 0.25) is 6.54 Å². The van der Waals surface area contributed by atoms with Crippen LogP contribution in [0.1, 0.15) is 31.4 Å². The maximum absolute atomic E-state index is 10.8. The highest BCUT2D eigenvalue weighted by atomic mass is 16.6. The van der Waals surface area contributed by atoms with Gasteiger partial charge in [0.05, 0.1) is 6.61 Å². The monoisotopic (exact) mass is 321 g/mol. The van der Waals surface area contributed by atoms with Gasteiger partial charge in [-0.2, -0.15) is 0 Å². The van der Waals surface area contributed by atoms with E-state index in [1.165, 1.54) is 0 Å². The highest BCUT2D eigenvalue weighted by molar-refractivity contribution is 6.64. The Kier molecular flexibility index (Phi) is 5.14. The van der Waals surface area contributed by atoms with E-state index < -0.39 is 13.2 Å². The van der Waals surface area contributed by atoms with Crippen LogP contribution >= 0.6 is 0 Å². The van der Waals surface area contributed by atoms with E-state index in [-0.39, 0.29) is 17.6 Å². The van der Waals surface area contributed by atoms with E-state index in [1.807, 2.05) is 18.2 Å². The lowest BCUT2D eigenvalue weighted by atomic mass is 9.77. The average molecular weight is 321 g/mol. The first-order chi connectivity index (χ1) is 11.2. The summed E-state index contributed by atoms with van der Waals surface area (Å²) in [4.78, 5) is 10.5. The third-order valence-corrected chi connectivity index (χ3v) is 3.97. The molecule has 7 nitrogen and oxygen atoms in total. The summed E-state index contributed by atoms with van der Waals surface area (Å²) >= 11 is 0. The van der Waals surface area contributed by atoms with Crippen LogP contribution in [0.3, 0.4) is 0 Å². The van der Waals surface area contributed by atoms with Crippen LogP contribution in [-0.4, -0.2) is 44.5 Å². The molecule has 2 atom stereocenters. The van der Waals surface area contributed by atoms with Crippen LogP contribution in [-0.2, 0) is 14.0 Å². The van der Waals surface area contributed by atoms with E-state index >= 15 is 0 Å². The van der Waals surface area contributed by atoms with Crippen LogP contribution in [0.25, 0.3) is 0 Å².